The maximum Gasteiger partial charge on any atom is 0.255 e. The molecule has 0 aliphatic carbocycles. The van der Waals surface area contributed by atoms with Crippen molar-refractivity contribution in [2.24, 2.45) is 5.92 Å². The summed E-state index contributed by atoms with van der Waals surface area (Å²) in [5, 5.41) is 0. The van der Waals surface area contributed by atoms with Gasteiger partial charge in [-0.3, -0.25) is 4.79 Å². The molecule has 0 bridgehead atoms. The van der Waals surface area contributed by atoms with Crippen molar-refractivity contribution in [3.05, 3.63) is 23.8 Å². The molecule has 1 heterocycles. The van der Waals surface area contributed by atoms with Gasteiger partial charge in [0.1, 0.15) is 0 Å². The fourth-order valence-electron chi connectivity index (χ4n) is 3.72. The van der Waals surface area contributed by atoms with Crippen molar-refractivity contribution in [2.45, 2.75) is 75.0 Å². The van der Waals surface area contributed by atoms with Crippen LogP contribution < -0.4 is 4.72 Å². The summed E-state index contributed by atoms with van der Waals surface area (Å²) in [6.07, 6.45) is 10.4. The van der Waals surface area contributed by atoms with Gasteiger partial charge in [-0.2, -0.15) is 0 Å². The number of carbonyl (C=O) groups is 1. The highest BCUT2D eigenvalue weighted by Crippen LogP contribution is 2.26. The Morgan fingerprint density at radius 1 is 1.17 bits per heavy atom. The molecule has 1 aromatic carbocycles. The minimum atomic E-state index is -3.64. The van der Waals surface area contributed by atoms with Crippen molar-refractivity contribution < 1.29 is 13.2 Å². The van der Waals surface area contributed by atoms with Gasteiger partial charge in [-0.1, -0.05) is 46.0 Å². The van der Waals surface area contributed by atoms with E-state index in [2.05, 4.69) is 18.6 Å². The third-order valence-corrected chi connectivity index (χ3v) is 7.93. The van der Waals surface area contributed by atoms with Crippen LogP contribution in [0, 0.1) is 5.92 Å². The highest BCUT2D eigenvalue weighted by molar-refractivity contribution is 7.98. The van der Waals surface area contributed by atoms with E-state index in [4.69, 9.17) is 0 Å². The lowest BCUT2D eigenvalue weighted by molar-refractivity contribution is 0.0758. The summed E-state index contributed by atoms with van der Waals surface area (Å²) >= 11 is 1.48. The van der Waals surface area contributed by atoms with Crippen LogP contribution in [0.5, 0.6) is 0 Å². The van der Waals surface area contributed by atoms with Crippen LogP contribution in [0.15, 0.2) is 28.0 Å². The van der Waals surface area contributed by atoms with Gasteiger partial charge in [0.05, 0.1) is 10.5 Å². The lowest BCUT2D eigenvalue weighted by Crippen LogP contribution is -2.33. The molecule has 1 atom stereocenters. The summed E-state index contributed by atoms with van der Waals surface area (Å²) in [6, 6.07) is 4.94. The first-order valence-electron chi connectivity index (χ1n) is 10.9. The summed E-state index contributed by atoms with van der Waals surface area (Å²) in [5.41, 5.74) is 0.500. The molecule has 1 amide bonds. The third kappa shape index (κ3) is 7.00. The first kappa shape index (κ1) is 24.2. The third-order valence-electron chi connectivity index (χ3n) is 5.71. The number of sulfonamides is 1. The Kier molecular flexibility index (Phi) is 9.99. The molecule has 0 spiro atoms. The van der Waals surface area contributed by atoms with Crippen molar-refractivity contribution >= 4 is 27.7 Å². The molecule has 7 heteroatoms. The number of rotatable bonds is 10. The van der Waals surface area contributed by atoms with Crippen LogP contribution >= 0.6 is 11.8 Å². The second-order valence-electron chi connectivity index (χ2n) is 7.84. The highest BCUT2D eigenvalue weighted by atomic mass is 32.2. The Bertz CT molecular complexity index is 757. The van der Waals surface area contributed by atoms with E-state index < -0.39 is 10.0 Å². The largest absolute Gasteiger partial charge is 0.339 e. The molecule has 2 rings (SSSR count). The van der Waals surface area contributed by atoms with E-state index >= 15 is 0 Å². The number of nitrogens with one attached hydrogen (secondary N) is 1. The number of thioether (sulfide) groups is 1. The van der Waals surface area contributed by atoms with E-state index in [9.17, 15) is 13.2 Å². The van der Waals surface area contributed by atoms with Gasteiger partial charge < -0.3 is 4.90 Å². The standard InChI is InChI=1S/C22H36N2O3S2/c1-4-6-11-18(5-2)17-23-29(26,27)19-12-13-21(28-3)20(16-19)22(25)24-14-9-7-8-10-15-24/h12-13,16,18,23H,4-11,14-15,17H2,1-3H3. The van der Waals surface area contributed by atoms with Crippen molar-refractivity contribution in [3.63, 3.8) is 0 Å². The van der Waals surface area contributed by atoms with Crippen molar-refractivity contribution in [1.29, 1.82) is 0 Å². The zero-order valence-corrected chi connectivity index (χ0v) is 19.7. The summed E-state index contributed by atoms with van der Waals surface area (Å²) in [6.45, 7) is 6.18. The van der Waals surface area contributed by atoms with Crippen molar-refractivity contribution in [1.82, 2.24) is 9.62 Å². The molecule has 1 unspecified atom stereocenters. The topological polar surface area (TPSA) is 66.5 Å². The van der Waals surface area contributed by atoms with Gasteiger partial charge in [0, 0.05) is 24.5 Å². The first-order valence-corrected chi connectivity index (χ1v) is 13.6. The summed E-state index contributed by atoms with van der Waals surface area (Å²) in [5.74, 6) is 0.288. The Balaban J connectivity index is 2.20. The van der Waals surface area contributed by atoms with E-state index in [1.807, 2.05) is 11.2 Å². The Labute approximate surface area is 181 Å². The second kappa shape index (κ2) is 12.0. The number of likely N-dealkylation sites (tertiary alicyclic amines) is 1. The molecule has 0 radical (unpaired) electrons. The van der Waals surface area contributed by atoms with Gasteiger partial charge in [-0.25, -0.2) is 13.1 Å². The fraction of sp³-hybridized carbons (Fsp3) is 0.682. The Morgan fingerprint density at radius 3 is 2.45 bits per heavy atom. The van der Waals surface area contributed by atoms with Gasteiger partial charge in [0.15, 0.2) is 0 Å². The van der Waals surface area contributed by atoms with E-state index in [-0.39, 0.29) is 10.8 Å². The molecule has 1 fully saturated rings. The van der Waals surface area contributed by atoms with Crippen LogP contribution in [0.3, 0.4) is 0 Å². The summed E-state index contributed by atoms with van der Waals surface area (Å²) in [7, 11) is -3.64. The quantitative estimate of drug-likeness (QED) is 0.525. The maximum absolute atomic E-state index is 13.1. The molecule has 1 aliphatic rings. The molecule has 0 aromatic heterocycles. The fourth-order valence-corrected chi connectivity index (χ4v) is 5.43. The normalized spacial score (nSPS) is 16.4. The van der Waals surface area contributed by atoms with E-state index in [0.717, 1.165) is 69.4 Å². The highest BCUT2D eigenvalue weighted by Gasteiger charge is 2.23. The zero-order chi connectivity index (χ0) is 21.3. The number of unbranched alkanes of at least 4 members (excludes halogenated alkanes) is 1. The average molecular weight is 441 g/mol. The Morgan fingerprint density at radius 2 is 1.86 bits per heavy atom. The number of hydrogen-bond acceptors (Lipinski definition) is 4. The van der Waals surface area contributed by atoms with E-state index in [1.165, 1.54) is 11.8 Å². The Hall–Kier alpha value is -1.05. The van der Waals surface area contributed by atoms with Crippen LogP contribution in [0.1, 0.15) is 75.6 Å². The lowest BCUT2D eigenvalue weighted by atomic mass is 10.00. The number of carbonyl (C=O) groups excluding carboxylic acids is 1. The minimum absolute atomic E-state index is 0.0531. The van der Waals surface area contributed by atoms with Gasteiger partial charge >= 0.3 is 0 Å². The van der Waals surface area contributed by atoms with Gasteiger partial charge in [-0.15, -0.1) is 11.8 Å². The molecule has 0 saturated carbocycles. The SMILES string of the molecule is CCCCC(CC)CNS(=O)(=O)c1ccc(SC)c(C(=O)N2CCCCCC2)c1. The van der Waals surface area contributed by atoms with Crippen molar-refractivity contribution in [2.75, 3.05) is 25.9 Å². The average Bonchev–Trinajstić information content (AvgIpc) is 3.02. The van der Waals surface area contributed by atoms with Crippen LogP contribution in [0.25, 0.3) is 0 Å². The first-order chi connectivity index (χ1) is 13.9. The number of benzene rings is 1. The molecule has 1 N–H and O–H groups in total. The van der Waals surface area contributed by atoms with Crippen LogP contribution in [-0.4, -0.2) is 45.1 Å². The molecular formula is C22H36N2O3S2. The van der Waals surface area contributed by atoms with Crippen LogP contribution in [0.4, 0.5) is 0 Å². The molecular weight excluding hydrogens is 404 g/mol. The molecule has 29 heavy (non-hydrogen) atoms. The number of amides is 1. The van der Waals surface area contributed by atoms with Gasteiger partial charge in [-0.05, 0) is 49.6 Å². The second-order valence-corrected chi connectivity index (χ2v) is 10.5. The van der Waals surface area contributed by atoms with E-state index in [0.29, 0.717) is 18.0 Å². The van der Waals surface area contributed by atoms with E-state index in [1.54, 1.807) is 18.2 Å². The molecule has 164 valence electrons. The predicted octanol–water partition coefficient (Wildman–Crippen LogP) is 4.92. The summed E-state index contributed by atoms with van der Waals surface area (Å²) in [4.78, 5) is 16.0. The zero-order valence-electron chi connectivity index (χ0n) is 18.1. The smallest absolute Gasteiger partial charge is 0.255 e. The summed E-state index contributed by atoms with van der Waals surface area (Å²) < 4.78 is 28.5. The maximum atomic E-state index is 13.1. The number of nitrogens with zero attached hydrogens (tertiary/aromatic N) is 1. The minimum Gasteiger partial charge on any atom is -0.339 e. The van der Waals surface area contributed by atoms with Crippen LogP contribution in [0.2, 0.25) is 0 Å². The number of hydrogen-bond donors (Lipinski definition) is 1. The van der Waals surface area contributed by atoms with Crippen LogP contribution in [-0.2, 0) is 10.0 Å². The molecule has 1 aliphatic heterocycles. The van der Waals surface area contributed by atoms with Crippen molar-refractivity contribution in [3.8, 4) is 0 Å². The monoisotopic (exact) mass is 440 g/mol. The molecule has 5 nitrogen and oxygen atoms in total. The van der Waals surface area contributed by atoms with Gasteiger partial charge in [0.2, 0.25) is 10.0 Å². The van der Waals surface area contributed by atoms with Gasteiger partial charge in [0.25, 0.3) is 5.91 Å². The predicted molar refractivity (Wildman–Crippen MR) is 121 cm³/mol. The lowest BCUT2D eigenvalue weighted by Gasteiger charge is -2.22. The molecule has 1 aromatic rings. The molecule has 1 saturated heterocycles.